The van der Waals surface area contributed by atoms with E-state index in [1.165, 1.54) is 0 Å². The number of piperidine rings is 1. The highest BCUT2D eigenvalue weighted by atomic mass is 16.3. The van der Waals surface area contributed by atoms with Crippen LogP contribution in [0.1, 0.15) is 36.1 Å². The summed E-state index contributed by atoms with van der Waals surface area (Å²) in [6.07, 6.45) is 2.92. The molecule has 3 rings (SSSR count). The number of aliphatic hydroxyl groups excluding tert-OH is 1. The van der Waals surface area contributed by atoms with Gasteiger partial charge in [0.2, 0.25) is 0 Å². The lowest BCUT2D eigenvalue weighted by Crippen LogP contribution is -2.38. The summed E-state index contributed by atoms with van der Waals surface area (Å²) in [4.78, 5) is 13.9. The van der Waals surface area contributed by atoms with Gasteiger partial charge >= 0.3 is 5.69 Å². The number of hydrogen-bond donors (Lipinski definition) is 2. The van der Waals surface area contributed by atoms with Gasteiger partial charge in [-0.1, -0.05) is 24.3 Å². The molecule has 0 radical (unpaired) electrons. The van der Waals surface area contributed by atoms with Gasteiger partial charge in [0.25, 0.3) is 0 Å². The number of β-amino-alcohol motifs (C(OH)–C–C–N with tert-alkyl or cyclic N) is 1. The Kier molecular flexibility index (Phi) is 4.40. The van der Waals surface area contributed by atoms with Crippen molar-refractivity contribution in [2.75, 3.05) is 19.6 Å². The fraction of sp³-hybridized carbons (Fsp3) is 0.500. The average Bonchev–Trinajstić information content (AvgIpc) is 2.94. The predicted molar refractivity (Wildman–Crippen MR) is 83.7 cm³/mol. The summed E-state index contributed by atoms with van der Waals surface area (Å²) in [5.74, 6) is 0. The van der Waals surface area contributed by atoms with E-state index in [1.54, 1.807) is 10.9 Å². The number of rotatable bonds is 4. The Labute approximate surface area is 129 Å². The summed E-state index contributed by atoms with van der Waals surface area (Å²) < 4.78 is 1.68. The molecule has 1 saturated heterocycles. The lowest BCUT2D eigenvalue weighted by Gasteiger charge is -2.33. The molecule has 6 nitrogen and oxygen atoms in total. The van der Waals surface area contributed by atoms with Crippen molar-refractivity contribution in [2.24, 2.45) is 0 Å². The van der Waals surface area contributed by atoms with Gasteiger partial charge in [0, 0.05) is 25.7 Å². The van der Waals surface area contributed by atoms with Crippen LogP contribution in [0.4, 0.5) is 0 Å². The molecule has 2 N–H and O–H groups in total. The van der Waals surface area contributed by atoms with E-state index in [0.29, 0.717) is 6.54 Å². The molecule has 2 heterocycles. The molecule has 1 unspecified atom stereocenters. The number of likely N-dealkylation sites (tertiary alicyclic amines) is 1. The van der Waals surface area contributed by atoms with E-state index in [0.717, 1.165) is 37.1 Å². The van der Waals surface area contributed by atoms with Gasteiger partial charge in [-0.15, -0.1) is 0 Å². The second kappa shape index (κ2) is 6.46. The Morgan fingerprint density at radius 2 is 2.09 bits per heavy atom. The summed E-state index contributed by atoms with van der Waals surface area (Å²) in [7, 11) is 0. The van der Waals surface area contributed by atoms with Crippen LogP contribution in [0.15, 0.2) is 35.4 Å². The van der Waals surface area contributed by atoms with E-state index >= 15 is 0 Å². The Hall–Kier alpha value is -1.92. The highest BCUT2D eigenvalue weighted by molar-refractivity contribution is 5.27. The lowest BCUT2D eigenvalue weighted by molar-refractivity contribution is 0.0898. The number of aryl methyl sites for hydroxylation is 1. The van der Waals surface area contributed by atoms with E-state index in [9.17, 15) is 9.90 Å². The summed E-state index contributed by atoms with van der Waals surface area (Å²) in [5.41, 5.74) is 1.98. The minimum absolute atomic E-state index is 0.140. The SMILES string of the molecule is Cc1ccccc1C(O)CN1CCC(n2cn[nH]c2=O)CC1. The Morgan fingerprint density at radius 1 is 1.36 bits per heavy atom. The van der Waals surface area contributed by atoms with Gasteiger partial charge in [0.1, 0.15) is 6.33 Å². The topological polar surface area (TPSA) is 74.2 Å². The lowest BCUT2D eigenvalue weighted by atomic mass is 10.0. The van der Waals surface area contributed by atoms with Gasteiger partial charge in [0.05, 0.1) is 6.10 Å². The van der Waals surface area contributed by atoms with Crippen LogP contribution >= 0.6 is 0 Å². The van der Waals surface area contributed by atoms with E-state index in [4.69, 9.17) is 0 Å². The van der Waals surface area contributed by atoms with Crippen molar-refractivity contribution in [2.45, 2.75) is 31.9 Å². The van der Waals surface area contributed by atoms with Gasteiger partial charge in [0.15, 0.2) is 0 Å². The molecular weight excluding hydrogens is 280 g/mol. The van der Waals surface area contributed by atoms with Gasteiger partial charge in [-0.25, -0.2) is 9.89 Å². The second-order valence-corrected chi connectivity index (χ2v) is 5.97. The molecule has 6 heteroatoms. The molecular formula is C16H22N4O2. The minimum atomic E-state index is -0.464. The van der Waals surface area contributed by atoms with E-state index in [-0.39, 0.29) is 11.7 Å². The Morgan fingerprint density at radius 3 is 2.73 bits per heavy atom. The summed E-state index contributed by atoms with van der Waals surface area (Å²) in [5, 5.41) is 16.7. The monoisotopic (exact) mass is 302 g/mol. The Balaban J connectivity index is 1.57. The summed E-state index contributed by atoms with van der Waals surface area (Å²) >= 11 is 0. The van der Waals surface area contributed by atoms with Gasteiger partial charge in [-0.2, -0.15) is 5.10 Å². The minimum Gasteiger partial charge on any atom is -0.387 e. The highest BCUT2D eigenvalue weighted by Crippen LogP contribution is 2.24. The number of aromatic nitrogens is 3. The molecule has 1 aromatic carbocycles. The first-order valence-electron chi connectivity index (χ1n) is 7.72. The van der Waals surface area contributed by atoms with Crippen LogP contribution < -0.4 is 5.69 Å². The average molecular weight is 302 g/mol. The first-order chi connectivity index (χ1) is 10.6. The maximum absolute atomic E-state index is 11.6. The number of nitrogens with one attached hydrogen (secondary N) is 1. The Bertz CT molecular complexity index is 671. The molecule has 2 aromatic rings. The number of H-pyrrole nitrogens is 1. The van der Waals surface area contributed by atoms with Crippen LogP contribution in [0, 0.1) is 6.92 Å². The molecule has 1 fully saturated rings. The van der Waals surface area contributed by atoms with Crippen LogP contribution in [0.3, 0.4) is 0 Å². The molecule has 0 amide bonds. The fourth-order valence-corrected chi connectivity index (χ4v) is 3.20. The first-order valence-corrected chi connectivity index (χ1v) is 7.72. The van der Waals surface area contributed by atoms with Crippen LogP contribution in [-0.2, 0) is 0 Å². The third-order valence-corrected chi connectivity index (χ3v) is 4.51. The van der Waals surface area contributed by atoms with Crippen molar-refractivity contribution in [3.05, 3.63) is 52.2 Å². The van der Waals surface area contributed by atoms with Crippen LogP contribution in [-0.4, -0.2) is 44.4 Å². The molecule has 1 atom stereocenters. The fourth-order valence-electron chi connectivity index (χ4n) is 3.20. The van der Waals surface area contributed by atoms with Crippen LogP contribution in [0.5, 0.6) is 0 Å². The van der Waals surface area contributed by atoms with Crippen molar-refractivity contribution in [1.29, 1.82) is 0 Å². The molecule has 118 valence electrons. The number of hydrogen-bond acceptors (Lipinski definition) is 4. The second-order valence-electron chi connectivity index (χ2n) is 5.97. The van der Waals surface area contributed by atoms with Gasteiger partial charge < -0.3 is 10.0 Å². The molecule has 0 aliphatic carbocycles. The normalized spacial score (nSPS) is 18.5. The third-order valence-electron chi connectivity index (χ3n) is 4.51. The van der Waals surface area contributed by atoms with Crippen LogP contribution in [0.2, 0.25) is 0 Å². The summed E-state index contributed by atoms with van der Waals surface area (Å²) in [6.45, 7) is 4.42. The predicted octanol–water partition coefficient (Wildman–Crippen LogP) is 1.25. The van der Waals surface area contributed by atoms with Crippen LogP contribution in [0.25, 0.3) is 0 Å². The van der Waals surface area contributed by atoms with Gasteiger partial charge in [-0.05, 0) is 30.9 Å². The van der Waals surface area contributed by atoms with E-state index in [1.807, 2.05) is 31.2 Å². The molecule has 0 saturated carbocycles. The largest absolute Gasteiger partial charge is 0.387 e. The van der Waals surface area contributed by atoms with Gasteiger partial charge in [-0.3, -0.25) is 4.57 Å². The molecule has 1 aromatic heterocycles. The zero-order chi connectivity index (χ0) is 15.5. The maximum atomic E-state index is 11.6. The number of nitrogens with zero attached hydrogens (tertiary/aromatic N) is 3. The third kappa shape index (κ3) is 3.13. The molecule has 1 aliphatic heterocycles. The smallest absolute Gasteiger partial charge is 0.343 e. The van der Waals surface area contributed by atoms with Crippen molar-refractivity contribution >= 4 is 0 Å². The van der Waals surface area contributed by atoms with Crippen molar-refractivity contribution in [1.82, 2.24) is 19.7 Å². The summed E-state index contributed by atoms with van der Waals surface area (Å²) in [6, 6.07) is 8.16. The number of benzene rings is 1. The molecule has 0 bridgehead atoms. The number of aromatic amines is 1. The van der Waals surface area contributed by atoms with Crippen molar-refractivity contribution in [3.63, 3.8) is 0 Å². The number of aliphatic hydroxyl groups is 1. The zero-order valence-corrected chi connectivity index (χ0v) is 12.8. The standard InChI is InChI=1S/C16H22N4O2/c1-12-4-2-3-5-14(12)15(21)10-19-8-6-13(7-9-19)20-11-17-18-16(20)22/h2-5,11,13,15,21H,6-10H2,1H3,(H,18,22). The maximum Gasteiger partial charge on any atom is 0.343 e. The quantitative estimate of drug-likeness (QED) is 0.891. The molecule has 0 spiro atoms. The molecule has 22 heavy (non-hydrogen) atoms. The van der Waals surface area contributed by atoms with E-state index < -0.39 is 6.10 Å². The van der Waals surface area contributed by atoms with Crippen molar-refractivity contribution in [3.8, 4) is 0 Å². The van der Waals surface area contributed by atoms with Crippen molar-refractivity contribution < 1.29 is 5.11 Å². The molecule has 1 aliphatic rings. The zero-order valence-electron chi connectivity index (χ0n) is 12.8. The van der Waals surface area contributed by atoms with E-state index in [2.05, 4.69) is 15.1 Å². The highest BCUT2D eigenvalue weighted by Gasteiger charge is 2.23. The first kappa shape index (κ1) is 15.0.